The van der Waals surface area contributed by atoms with Crippen molar-refractivity contribution in [1.82, 2.24) is 9.97 Å². The third-order valence-corrected chi connectivity index (χ3v) is 3.18. The van der Waals surface area contributed by atoms with Crippen molar-refractivity contribution in [2.45, 2.75) is 6.92 Å². The second kappa shape index (κ2) is 3.74. The summed E-state index contributed by atoms with van der Waals surface area (Å²) < 4.78 is 0. The first-order valence-corrected chi connectivity index (χ1v) is 5.85. The van der Waals surface area contributed by atoms with Gasteiger partial charge >= 0.3 is 0 Å². The van der Waals surface area contributed by atoms with E-state index in [2.05, 4.69) is 20.2 Å². The summed E-state index contributed by atoms with van der Waals surface area (Å²) in [5.74, 6) is -0.325. The Morgan fingerprint density at radius 3 is 3.06 bits per heavy atom. The van der Waals surface area contributed by atoms with Gasteiger partial charge in [-0.15, -0.1) is 10.2 Å². The smallest absolute Gasteiger partial charge is 0.261 e. The molecule has 0 fully saturated rings. The van der Waals surface area contributed by atoms with E-state index in [1.807, 2.05) is 24.3 Å². The van der Waals surface area contributed by atoms with E-state index in [0.29, 0.717) is 5.13 Å². The second-order valence-corrected chi connectivity index (χ2v) is 4.54. The predicted molar refractivity (Wildman–Crippen MR) is 66.7 cm³/mol. The van der Waals surface area contributed by atoms with Gasteiger partial charge in [0.2, 0.25) is 5.13 Å². The third kappa shape index (κ3) is 1.72. The second-order valence-electron chi connectivity index (χ2n) is 3.56. The quantitative estimate of drug-likeness (QED) is 0.666. The number of hydrogen-bond donors (Lipinski definition) is 1. The van der Waals surface area contributed by atoms with E-state index in [1.54, 1.807) is 0 Å². The molecule has 1 aromatic carbocycles. The number of benzene rings is 1. The Hall–Kier alpha value is -2.08. The summed E-state index contributed by atoms with van der Waals surface area (Å²) >= 11 is 1.39. The molecular formula is C11H8N4OS. The fourth-order valence-electron chi connectivity index (χ4n) is 1.65. The number of azo groups is 1. The molecule has 0 saturated carbocycles. The van der Waals surface area contributed by atoms with E-state index in [-0.39, 0.29) is 5.91 Å². The highest BCUT2D eigenvalue weighted by Crippen LogP contribution is 2.32. The largest absolute Gasteiger partial charge is 0.345 e. The van der Waals surface area contributed by atoms with Crippen LogP contribution in [0, 0.1) is 0 Å². The SMILES string of the molecule is CC(=O)N=Nc1nc2c([nH]c3ccccc32)s1. The lowest BCUT2D eigenvalue weighted by molar-refractivity contribution is -0.116. The Bertz CT molecular complexity index is 740. The molecule has 0 aliphatic carbocycles. The van der Waals surface area contributed by atoms with Crippen LogP contribution in [0.1, 0.15) is 6.92 Å². The highest BCUT2D eigenvalue weighted by atomic mass is 32.1. The van der Waals surface area contributed by atoms with Crippen LogP contribution in [-0.4, -0.2) is 15.9 Å². The van der Waals surface area contributed by atoms with Crippen molar-refractivity contribution in [2.24, 2.45) is 10.2 Å². The molecule has 2 heterocycles. The number of H-pyrrole nitrogens is 1. The molecular weight excluding hydrogens is 236 g/mol. The van der Waals surface area contributed by atoms with E-state index in [0.717, 1.165) is 21.3 Å². The monoisotopic (exact) mass is 244 g/mol. The number of hydrogen-bond acceptors (Lipinski definition) is 4. The summed E-state index contributed by atoms with van der Waals surface area (Å²) in [4.78, 5) is 19.2. The van der Waals surface area contributed by atoms with Crippen LogP contribution in [0.15, 0.2) is 34.5 Å². The van der Waals surface area contributed by atoms with Gasteiger partial charge in [-0.3, -0.25) is 4.79 Å². The first-order valence-electron chi connectivity index (χ1n) is 5.03. The van der Waals surface area contributed by atoms with E-state index >= 15 is 0 Å². The first kappa shape index (κ1) is 10.1. The molecule has 0 bridgehead atoms. The zero-order valence-corrected chi connectivity index (χ0v) is 9.78. The van der Waals surface area contributed by atoms with Crippen molar-refractivity contribution in [3.05, 3.63) is 24.3 Å². The fourth-order valence-corrected chi connectivity index (χ4v) is 2.47. The zero-order valence-electron chi connectivity index (χ0n) is 8.97. The molecule has 0 spiro atoms. The van der Waals surface area contributed by atoms with Crippen LogP contribution >= 0.6 is 11.3 Å². The predicted octanol–water partition coefficient (Wildman–Crippen LogP) is 3.41. The first-order chi connectivity index (χ1) is 8.24. The summed E-state index contributed by atoms with van der Waals surface area (Å²) in [6.07, 6.45) is 0. The van der Waals surface area contributed by atoms with Crippen LogP contribution in [0.25, 0.3) is 21.3 Å². The van der Waals surface area contributed by atoms with Crippen molar-refractivity contribution >= 4 is 43.6 Å². The number of carbonyl (C=O) groups is 1. The van der Waals surface area contributed by atoms with Crippen molar-refractivity contribution < 1.29 is 4.79 Å². The topological polar surface area (TPSA) is 70.5 Å². The molecule has 2 aromatic heterocycles. The zero-order chi connectivity index (χ0) is 11.8. The lowest BCUT2D eigenvalue weighted by Gasteiger charge is -1.86. The Morgan fingerprint density at radius 2 is 2.24 bits per heavy atom. The fraction of sp³-hybridized carbons (Fsp3) is 0.0909. The molecule has 0 saturated heterocycles. The van der Waals surface area contributed by atoms with Crippen molar-refractivity contribution in [3.63, 3.8) is 0 Å². The average Bonchev–Trinajstić information content (AvgIpc) is 2.83. The third-order valence-electron chi connectivity index (χ3n) is 2.32. The van der Waals surface area contributed by atoms with Gasteiger partial charge in [0.05, 0.1) is 0 Å². The molecule has 84 valence electrons. The van der Waals surface area contributed by atoms with Gasteiger partial charge in [-0.05, 0) is 6.07 Å². The van der Waals surface area contributed by atoms with Gasteiger partial charge in [0.1, 0.15) is 10.3 Å². The van der Waals surface area contributed by atoms with Crippen molar-refractivity contribution in [3.8, 4) is 0 Å². The number of aromatic nitrogens is 2. The molecule has 5 nitrogen and oxygen atoms in total. The molecule has 0 radical (unpaired) electrons. The van der Waals surface area contributed by atoms with E-state index < -0.39 is 0 Å². The number of para-hydroxylation sites is 1. The minimum atomic E-state index is -0.325. The standard InChI is InChI=1S/C11H8N4OS/c1-6(16)14-15-11-13-9-7-4-2-3-5-8(7)12-10(9)17-11/h2-5,12H,1H3. The Balaban J connectivity index is 2.17. The van der Waals surface area contributed by atoms with Crippen LogP contribution in [0.5, 0.6) is 0 Å². The summed E-state index contributed by atoms with van der Waals surface area (Å²) in [5.41, 5.74) is 1.93. The molecule has 1 amide bonds. The van der Waals surface area contributed by atoms with Gasteiger partial charge in [-0.25, -0.2) is 4.98 Å². The van der Waals surface area contributed by atoms with Gasteiger partial charge < -0.3 is 4.98 Å². The normalized spacial score (nSPS) is 11.8. The summed E-state index contributed by atoms with van der Waals surface area (Å²) in [5, 5.41) is 8.81. The van der Waals surface area contributed by atoms with Crippen molar-refractivity contribution in [1.29, 1.82) is 0 Å². The molecule has 0 atom stereocenters. The van der Waals surface area contributed by atoms with Gasteiger partial charge in [0.25, 0.3) is 5.91 Å². The van der Waals surface area contributed by atoms with E-state index in [1.165, 1.54) is 18.3 Å². The summed E-state index contributed by atoms with van der Waals surface area (Å²) in [6, 6.07) is 7.94. The lowest BCUT2D eigenvalue weighted by atomic mass is 10.2. The van der Waals surface area contributed by atoms with Crippen LogP contribution in [0.2, 0.25) is 0 Å². The van der Waals surface area contributed by atoms with Crippen LogP contribution in [-0.2, 0) is 4.79 Å². The highest BCUT2D eigenvalue weighted by Gasteiger charge is 2.09. The highest BCUT2D eigenvalue weighted by molar-refractivity contribution is 7.21. The Morgan fingerprint density at radius 1 is 1.41 bits per heavy atom. The minimum Gasteiger partial charge on any atom is -0.345 e. The molecule has 3 rings (SSSR count). The van der Waals surface area contributed by atoms with Gasteiger partial charge in [0, 0.05) is 17.8 Å². The number of thiazole rings is 1. The molecule has 1 N–H and O–H groups in total. The number of nitrogens with zero attached hydrogens (tertiary/aromatic N) is 3. The molecule has 0 aliphatic heterocycles. The number of aromatic amines is 1. The number of nitrogens with one attached hydrogen (secondary N) is 1. The summed E-state index contributed by atoms with van der Waals surface area (Å²) in [6.45, 7) is 1.36. The Labute approximate surface area is 100 Å². The molecule has 3 aromatic rings. The maximum atomic E-state index is 10.7. The van der Waals surface area contributed by atoms with Gasteiger partial charge in [-0.2, -0.15) is 0 Å². The molecule has 0 aliphatic rings. The molecule has 0 unspecified atom stereocenters. The summed E-state index contributed by atoms with van der Waals surface area (Å²) in [7, 11) is 0. The van der Waals surface area contributed by atoms with E-state index in [9.17, 15) is 4.79 Å². The Kier molecular flexibility index (Phi) is 2.22. The average molecular weight is 244 g/mol. The van der Waals surface area contributed by atoms with E-state index in [4.69, 9.17) is 0 Å². The minimum absolute atomic E-state index is 0.325. The number of amides is 1. The lowest BCUT2D eigenvalue weighted by Crippen LogP contribution is -1.77. The maximum Gasteiger partial charge on any atom is 0.261 e. The number of rotatable bonds is 1. The van der Waals surface area contributed by atoms with Crippen LogP contribution in [0.3, 0.4) is 0 Å². The van der Waals surface area contributed by atoms with Crippen molar-refractivity contribution in [2.75, 3.05) is 0 Å². The molecule has 17 heavy (non-hydrogen) atoms. The number of carbonyl (C=O) groups excluding carboxylic acids is 1. The number of fused-ring (bicyclic) bond motifs is 3. The van der Waals surface area contributed by atoms with Gasteiger partial charge in [-0.1, -0.05) is 29.5 Å². The maximum absolute atomic E-state index is 10.7. The van der Waals surface area contributed by atoms with Crippen LogP contribution < -0.4 is 0 Å². The van der Waals surface area contributed by atoms with Crippen LogP contribution in [0.4, 0.5) is 5.13 Å². The van der Waals surface area contributed by atoms with Gasteiger partial charge in [0.15, 0.2) is 0 Å². The molecule has 6 heteroatoms.